The van der Waals surface area contributed by atoms with Crippen LogP contribution in [0.3, 0.4) is 0 Å². The number of carbonyl (C=O) groups is 1. The molecule has 0 saturated carbocycles. The highest BCUT2D eigenvalue weighted by molar-refractivity contribution is 5.97. The van der Waals surface area contributed by atoms with E-state index >= 15 is 0 Å². The SMILES string of the molecule is CCc1ccc(N2CCN(Cc3ccc(F)cc3F)[C@H](C)C2=O)cc1. The molecule has 2 aromatic carbocycles. The zero-order chi connectivity index (χ0) is 18.0. The molecule has 1 amide bonds. The van der Waals surface area contributed by atoms with Gasteiger partial charge in [0.25, 0.3) is 0 Å². The number of piperazine rings is 1. The van der Waals surface area contributed by atoms with Crippen molar-refractivity contribution in [2.75, 3.05) is 18.0 Å². The highest BCUT2D eigenvalue weighted by Crippen LogP contribution is 2.23. The maximum absolute atomic E-state index is 13.9. The smallest absolute Gasteiger partial charge is 0.244 e. The molecule has 0 radical (unpaired) electrons. The number of nitrogens with zero attached hydrogens (tertiary/aromatic N) is 2. The third-order valence-corrected chi connectivity index (χ3v) is 4.83. The minimum absolute atomic E-state index is 0.00183. The van der Waals surface area contributed by atoms with E-state index in [2.05, 4.69) is 6.92 Å². The molecule has 3 nitrogen and oxygen atoms in total. The fraction of sp³-hybridized carbons (Fsp3) is 0.350. The van der Waals surface area contributed by atoms with E-state index in [1.165, 1.54) is 17.7 Å². The van der Waals surface area contributed by atoms with Crippen molar-refractivity contribution in [3.8, 4) is 0 Å². The maximum atomic E-state index is 13.9. The molecule has 1 aliphatic heterocycles. The Hall–Kier alpha value is -2.27. The lowest BCUT2D eigenvalue weighted by Gasteiger charge is -2.39. The number of aryl methyl sites for hydroxylation is 1. The minimum atomic E-state index is -0.592. The molecular formula is C20H22F2N2O. The molecule has 0 N–H and O–H groups in total. The van der Waals surface area contributed by atoms with E-state index in [0.717, 1.165) is 18.2 Å². The Balaban J connectivity index is 1.72. The van der Waals surface area contributed by atoms with Crippen LogP contribution in [0.2, 0.25) is 0 Å². The molecule has 132 valence electrons. The van der Waals surface area contributed by atoms with E-state index in [1.54, 1.807) is 4.90 Å². The Labute approximate surface area is 146 Å². The van der Waals surface area contributed by atoms with Crippen molar-refractivity contribution in [1.29, 1.82) is 0 Å². The summed E-state index contributed by atoms with van der Waals surface area (Å²) in [4.78, 5) is 16.5. The topological polar surface area (TPSA) is 23.6 Å². The third kappa shape index (κ3) is 3.71. The van der Waals surface area contributed by atoms with Gasteiger partial charge in [0.2, 0.25) is 5.91 Å². The predicted molar refractivity (Wildman–Crippen MR) is 94.4 cm³/mol. The fourth-order valence-corrected chi connectivity index (χ4v) is 3.17. The molecule has 1 heterocycles. The summed E-state index contributed by atoms with van der Waals surface area (Å²) < 4.78 is 26.9. The van der Waals surface area contributed by atoms with Crippen molar-refractivity contribution >= 4 is 11.6 Å². The van der Waals surface area contributed by atoms with Gasteiger partial charge in [0.05, 0.1) is 6.04 Å². The van der Waals surface area contributed by atoms with Crippen LogP contribution in [0.1, 0.15) is 25.0 Å². The first-order valence-electron chi connectivity index (χ1n) is 8.58. The Morgan fingerprint density at radius 3 is 2.44 bits per heavy atom. The van der Waals surface area contributed by atoms with Crippen molar-refractivity contribution in [2.45, 2.75) is 32.9 Å². The summed E-state index contributed by atoms with van der Waals surface area (Å²) in [6.45, 7) is 5.41. The Morgan fingerprint density at radius 2 is 1.80 bits per heavy atom. The van der Waals surface area contributed by atoms with Gasteiger partial charge >= 0.3 is 0 Å². The first-order valence-corrected chi connectivity index (χ1v) is 8.58. The van der Waals surface area contributed by atoms with Crippen LogP contribution in [0.15, 0.2) is 42.5 Å². The van der Waals surface area contributed by atoms with Gasteiger partial charge in [-0.3, -0.25) is 9.69 Å². The van der Waals surface area contributed by atoms with Gasteiger partial charge < -0.3 is 4.90 Å². The number of hydrogen-bond acceptors (Lipinski definition) is 2. The average Bonchev–Trinajstić information content (AvgIpc) is 2.61. The second-order valence-corrected chi connectivity index (χ2v) is 6.39. The lowest BCUT2D eigenvalue weighted by Crippen LogP contribution is -2.55. The molecule has 1 saturated heterocycles. The summed E-state index contributed by atoms with van der Waals surface area (Å²) in [7, 11) is 0. The van der Waals surface area contributed by atoms with Crippen LogP contribution in [-0.4, -0.2) is 29.9 Å². The minimum Gasteiger partial charge on any atom is -0.310 e. The van der Waals surface area contributed by atoms with Gasteiger partial charge in [0.1, 0.15) is 11.6 Å². The van der Waals surface area contributed by atoms with Crippen LogP contribution >= 0.6 is 0 Å². The van der Waals surface area contributed by atoms with Crippen LogP contribution in [0.25, 0.3) is 0 Å². The summed E-state index contributed by atoms with van der Waals surface area (Å²) >= 11 is 0. The lowest BCUT2D eigenvalue weighted by molar-refractivity contribution is -0.125. The van der Waals surface area contributed by atoms with Crippen LogP contribution in [0, 0.1) is 11.6 Å². The van der Waals surface area contributed by atoms with E-state index in [1.807, 2.05) is 36.1 Å². The standard InChI is InChI=1S/C20H22F2N2O/c1-3-15-4-8-18(9-5-15)24-11-10-23(14(2)20(24)25)13-16-6-7-17(21)12-19(16)22/h4-9,12,14H,3,10-11,13H2,1-2H3/t14-/m1/s1. The zero-order valence-corrected chi connectivity index (χ0v) is 14.5. The summed E-state index contributed by atoms with van der Waals surface area (Å²) in [6.07, 6.45) is 0.960. The molecule has 0 bridgehead atoms. The summed E-state index contributed by atoms with van der Waals surface area (Å²) in [5, 5.41) is 0. The quantitative estimate of drug-likeness (QED) is 0.843. The molecule has 0 unspecified atom stereocenters. The maximum Gasteiger partial charge on any atom is 0.244 e. The van der Waals surface area contributed by atoms with Crippen molar-refractivity contribution in [1.82, 2.24) is 4.90 Å². The molecule has 1 fully saturated rings. The van der Waals surface area contributed by atoms with Gasteiger partial charge in [-0.1, -0.05) is 25.1 Å². The van der Waals surface area contributed by atoms with Gasteiger partial charge in [-0.05, 0) is 37.1 Å². The molecule has 1 atom stereocenters. The highest BCUT2D eigenvalue weighted by atomic mass is 19.1. The number of benzene rings is 2. The Morgan fingerprint density at radius 1 is 1.08 bits per heavy atom. The Bertz CT molecular complexity index is 761. The van der Waals surface area contributed by atoms with Gasteiger partial charge in [-0.25, -0.2) is 8.78 Å². The number of anilines is 1. The summed E-state index contributed by atoms with van der Waals surface area (Å²) in [6, 6.07) is 11.2. The molecule has 0 aliphatic carbocycles. The zero-order valence-electron chi connectivity index (χ0n) is 14.5. The molecular weight excluding hydrogens is 322 g/mol. The van der Waals surface area contributed by atoms with Crippen LogP contribution in [-0.2, 0) is 17.8 Å². The predicted octanol–water partition coefficient (Wildman–Crippen LogP) is 3.76. The van der Waals surface area contributed by atoms with Crippen LogP contribution in [0.4, 0.5) is 14.5 Å². The van der Waals surface area contributed by atoms with Gasteiger partial charge in [-0.2, -0.15) is 0 Å². The van der Waals surface area contributed by atoms with Gasteiger partial charge in [0.15, 0.2) is 0 Å². The van der Waals surface area contributed by atoms with Crippen molar-refractivity contribution < 1.29 is 13.6 Å². The molecule has 0 aromatic heterocycles. The lowest BCUT2D eigenvalue weighted by atomic mass is 10.1. The van der Waals surface area contributed by atoms with Crippen LogP contribution in [0.5, 0.6) is 0 Å². The first-order chi connectivity index (χ1) is 12.0. The van der Waals surface area contributed by atoms with E-state index < -0.39 is 11.6 Å². The van der Waals surface area contributed by atoms with E-state index in [9.17, 15) is 13.6 Å². The van der Waals surface area contributed by atoms with Crippen molar-refractivity contribution in [2.24, 2.45) is 0 Å². The summed E-state index contributed by atoms with van der Waals surface area (Å²) in [5.41, 5.74) is 2.53. The Kier molecular flexibility index (Phi) is 5.13. The average molecular weight is 344 g/mol. The second kappa shape index (κ2) is 7.31. The number of rotatable bonds is 4. The van der Waals surface area contributed by atoms with E-state index in [0.29, 0.717) is 25.2 Å². The molecule has 0 spiro atoms. The van der Waals surface area contributed by atoms with Gasteiger partial charge in [0, 0.05) is 37.0 Å². The highest BCUT2D eigenvalue weighted by Gasteiger charge is 2.32. The number of amides is 1. The molecule has 25 heavy (non-hydrogen) atoms. The first kappa shape index (κ1) is 17.5. The van der Waals surface area contributed by atoms with E-state index in [4.69, 9.17) is 0 Å². The van der Waals surface area contributed by atoms with E-state index in [-0.39, 0.29) is 11.9 Å². The fourth-order valence-electron chi connectivity index (χ4n) is 3.17. The van der Waals surface area contributed by atoms with Gasteiger partial charge in [-0.15, -0.1) is 0 Å². The third-order valence-electron chi connectivity index (χ3n) is 4.83. The largest absolute Gasteiger partial charge is 0.310 e. The van der Waals surface area contributed by atoms with Crippen molar-refractivity contribution in [3.63, 3.8) is 0 Å². The van der Waals surface area contributed by atoms with Crippen molar-refractivity contribution in [3.05, 3.63) is 65.2 Å². The molecule has 1 aliphatic rings. The number of carbonyl (C=O) groups excluding carboxylic acids is 1. The number of halogens is 2. The van der Waals surface area contributed by atoms with Crippen LogP contribution < -0.4 is 4.90 Å². The normalized spacial score (nSPS) is 18.6. The molecule has 2 aromatic rings. The monoisotopic (exact) mass is 344 g/mol. The summed E-state index contributed by atoms with van der Waals surface area (Å²) in [5.74, 6) is -1.17. The number of hydrogen-bond donors (Lipinski definition) is 0. The molecule has 5 heteroatoms. The molecule has 3 rings (SSSR count). The second-order valence-electron chi connectivity index (χ2n) is 6.39.